The van der Waals surface area contributed by atoms with Crippen molar-refractivity contribution in [3.63, 3.8) is 0 Å². The highest BCUT2D eigenvalue weighted by Gasteiger charge is 2.34. The maximum Gasteiger partial charge on any atom is 0.285 e. The average molecular weight is 435 g/mol. The summed E-state index contributed by atoms with van der Waals surface area (Å²) in [5, 5.41) is 1.32. The number of benzene rings is 2. The van der Waals surface area contributed by atoms with Gasteiger partial charge < -0.3 is 9.47 Å². The Hall–Kier alpha value is -2.55. The van der Waals surface area contributed by atoms with Gasteiger partial charge in [0.05, 0.1) is 29.7 Å². The lowest BCUT2D eigenvalue weighted by atomic mass is 10.1. The zero-order chi connectivity index (χ0) is 20.3. The summed E-state index contributed by atoms with van der Waals surface area (Å²) in [6.45, 7) is 0. The van der Waals surface area contributed by atoms with E-state index in [1.54, 1.807) is 55.7 Å². The minimum Gasteiger partial charge on any atom is -0.497 e. The maximum atomic E-state index is 12.7. The predicted octanol–water partition coefficient (Wildman–Crippen LogP) is 3.90. The molecule has 0 radical (unpaired) electrons. The first-order chi connectivity index (χ1) is 13.4. The number of nitrogens with zero attached hydrogens (tertiary/aromatic N) is 1. The van der Waals surface area contributed by atoms with Crippen LogP contribution in [0.25, 0.3) is 6.08 Å². The van der Waals surface area contributed by atoms with Gasteiger partial charge in [-0.2, -0.15) is 5.01 Å². The number of carbonyl (C=O) groups excluding carboxylic acids is 2. The molecule has 0 atom stereocenters. The zero-order valence-electron chi connectivity index (χ0n) is 14.9. The first-order valence-corrected chi connectivity index (χ1v) is 9.60. The van der Waals surface area contributed by atoms with E-state index in [9.17, 15) is 9.59 Å². The molecule has 1 N–H and O–H groups in total. The van der Waals surface area contributed by atoms with E-state index in [0.717, 1.165) is 16.8 Å². The van der Waals surface area contributed by atoms with E-state index >= 15 is 0 Å². The minimum atomic E-state index is -0.523. The number of nitrogens with one attached hydrogen (secondary N) is 1. The molecule has 0 unspecified atom stereocenters. The third kappa shape index (κ3) is 4.14. The van der Waals surface area contributed by atoms with Gasteiger partial charge in [-0.1, -0.05) is 35.5 Å². The van der Waals surface area contributed by atoms with Gasteiger partial charge in [-0.25, -0.2) is 0 Å². The Morgan fingerprint density at radius 1 is 1.21 bits per heavy atom. The molecule has 1 fully saturated rings. The van der Waals surface area contributed by atoms with Gasteiger partial charge in [0.1, 0.15) is 11.5 Å². The van der Waals surface area contributed by atoms with Gasteiger partial charge in [0, 0.05) is 11.6 Å². The number of amides is 2. The third-order valence-electron chi connectivity index (χ3n) is 3.85. The molecular formula is C19H15ClN2O4S2. The number of halogens is 1. The van der Waals surface area contributed by atoms with Crippen LogP contribution in [0.5, 0.6) is 11.5 Å². The molecule has 1 saturated heterocycles. The van der Waals surface area contributed by atoms with E-state index in [2.05, 4.69) is 5.43 Å². The Morgan fingerprint density at radius 3 is 2.64 bits per heavy atom. The summed E-state index contributed by atoms with van der Waals surface area (Å²) >= 11 is 12.4. The van der Waals surface area contributed by atoms with E-state index in [1.807, 2.05) is 0 Å². The fraction of sp³-hybridized carbons (Fsp3) is 0.105. The standard InChI is InChI=1S/C19H15ClN2O4S2/c1-25-12-8-7-11(15(10-12)26-2)9-16-18(24)22(19(27)28-16)21-17(23)13-5-3-4-6-14(13)20/h3-10H,1-2H3,(H,21,23)/b16-9-. The van der Waals surface area contributed by atoms with Gasteiger partial charge in [0.25, 0.3) is 11.8 Å². The number of hydrogen-bond acceptors (Lipinski definition) is 6. The summed E-state index contributed by atoms with van der Waals surface area (Å²) in [7, 11) is 3.09. The Kier molecular flexibility index (Phi) is 6.23. The lowest BCUT2D eigenvalue weighted by Gasteiger charge is -2.16. The summed E-state index contributed by atoms with van der Waals surface area (Å²) < 4.78 is 10.7. The van der Waals surface area contributed by atoms with Crippen LogP contribution in [0.1, 0.15) is 15.9 Å². The van der Waals surface area contributed by atoms with E-state index in [1.165, 1.54) is 7.11 Å². The minimum absolute atomic E-state index is 0.212. The highest BCUT2D eigenvalue weighted by atomic mass is 35.5. The fourth-order valence-electron chi connectivity index (χ4n) is 2.45. The molecule has 0 saturated carbocycles. The van der Waals surface area contributed by atoms with Crippen molar-refractivity contribution >= 4 is 57.8 Å². The molecular weight excluding hydrogens is 420 g/mol. The number of hydrazine groups is 1. The molecule has 0 aromatic heterocycles. The molecule has 3 rings (SSSR count). The summed E-state index contributed by atoms with van der Waals surface area (Å²) in [6, 6.07) is 11.8. The molecule has 6 nitrogen and oxygen atoms in total. The van der Waals surface area contributed by atoms with Crippen LogP contribution in [0.15, 0.2) is 47.4 Å². The molecule has 0 aliphatic carbocycles. The van der Waals surface area contributed by atoms with E-state index < -0.39 is 11.8 Å². The van der Waals surface area contributed by atoms with Crippen LogP contribution >= 0.6 is 35.6 Å². The molecule has 2 aromatic carbocycles. The number of methoxy groups -OCH3 is 2. The van der Waals surface area contributed by atoms with Crippen molar-refractivity contribution < 1.29 is 19.1 Å². The number of thiocarbonyl (C=S) groups is 1. The molecule has 1 aliphatic rings. The monoisotopic (exact) mass is 434 g/mol. The van der Waals surface area contributed by atoms with Crippen LogP contribution in [0.4, 0.5) is 0 Å². The van der Waals surface area contributed by atoms with E-state index in [4.69, 9.17) is 33.3 Å². The smallest absolute Gasteiger partial charge is 0.285 e. The van der Waals surface area contributed by atoms with E-state index in [0.29, 0.717) is 22.0 Å². The van der Waals surface area contributed by atoms with Crippen LogP contribution in [-0.4, -0.2) is 35.4 Å². The Labute approximate surface area is 176 Å². The SMILES string of the molecule is COc1ccc(/C=C2\SC(=S)N(NC(=O)c3ccccc3Cl)C2=O)c(OC)c1. The largest absolute Gasteiger partial charge is 0.497 e. The molecule has 1 heterocycles. The van der Waals surface area contributed by atoms with Gasteiger partial charge in [0.15, 0.2) is 4.32 Å². The first-order valence-electron chi connectivity index (χ1n) is 8.00. The van der Waals surface area contributed by atoms with Gasteiger partial charge >= 0.3 is 0 Å². The van der Waals surface area contributed by atoms with Gasteiger partial charge in [0.2, 0.25) is 0 Å². The zero-order valence-corrected chi connectivity index (χ0v) is 17.3. The highest BCUT2D eigenvalue weighted by Crippen LogP contribution is 2.34. The van der Waals surface area contributed by atoms with Crippen LogP contribution < -0.4 is 14.9 Å². The van der Waals surface area contributed by atoms with Crippen molar-refractivity contribution in [2.45, 2.75) is 0 Å². The predicted molar refractivity (Wildman–Crippen MR) is 113 cm³/mol. The molecule has 1 aliphatic heterocycles. The maximum absolute atomic E-state index is 12.7. The number of carbonyl (C=O) groups is 2. The molecule has 28 heavy (non-hydrogen) atoms. The molecule has 0 spiro atoms. The second-order valence-corrected chi connectivity index (χ2v) is 7.63. The van der Waals surface area contributed by atoms with Crippen LogP contribution in [0.2, 0.25) is 5.02 Å². The summed E-state index contributed by atoms with van der Waals surface area (Å²) in [6.07, 6.45) is 1.65. The number of ether oxygens (including phenoxy) is 2. The van der Waals surface area contributed by atoms with Crippen LogP contribution in [0.3, 0.4) is 0 Å². The summed E-state index contributed by atoms with van der Waals surface area (Å²) in [4.78, 5) is 25.5. The number of rotatable bonds is 5. The highest BCUT2D eigenvalue weighted by molar-refractivity contribution is 8.26. The Bertz CT molecular complexity index is 994. The first kappa shape index (κ1) is 20.2. The van der Waals surface area contributed by atoms with Crippen molar-refractivity contribution in [2.24, 2.45) is 0 Å². The normalized spacial score (nSPS) is 15.1. The summed E-state index contributed by atoms with van der Waals surface area (Å²) in [5.74, 6) is 0.219. The fourth-order valence-corrected chi connectivity index (χ4v) is 3.84. The average Bonchev–Trinajstić information content (AvgIpc) is 2.96. The lowest BCUT2D eigenvalue weighted by Crippen LogP contribution is -2.44. The molecule has 144 valence electrons. The molecule has 2 amide bonds. The van der Waals surface area contributed by atoms with Crippen molar-refractivity contribution in [1.82, 2.24) is 10.4 Å². The third-order valence-corrected chi connectivity index (χ3v) is 5.48. The number of thioether (sulfide) groups is 1. The van der Waals surface area contributed by atoms with Gasteiger partial charge in [-0.3, -0.25) is 15.0 Å². The van der Waals surface area contributed by atoms with Crippen molar-refractivity contribution in [3.8, 4) is 11.5 Å². The Balaban J connectivity index is 1.83. The van der Waals surface area contributed by atoms with Crippen molar-refractivity contribution in [2.75, 3.05) is 14.2 Å². The second-order valence-electron chi connectivity index (χ2n) is 5.55. The second kappa shape index (κ2) is 8.64. The molecule has 9 heteroatoms. The Morgan fingerprint density at radius 2 is 1.96 bits per heavy atom. The van der Waals surface area contributed by atoms with E-state index in [-0.39, 0.29) is 14.9 Å². The lowest BCUT2D eigenvalue weighted by molar-refractivity contribution is -0.123. The summed E-state index contributed by atoms with van der Waals surface area (Å²) in [5.41, 5.74) is 3.44. The van der Waals surface area contributed by atoms with Crippen LogP contribution in [0, 0.1) is 0 Å². The van der Waals surface area contributed by atoms with Gasteiger partial charge in [-0.05, 0) is 42.6 Å². The topological polar surface area (TPSA) is 67.9 Å². The van der Waals surface area contributed by atoms with Crippen molar-refractivity contribution in [1.29, 1.82) is 0 Å². The van der Waals surface area contributed by atoms with Crippen LogP contribution in [-0.2, 0) is 4.79 Å². The molecule has 2 aromatic rings. The van der Waals surface area contributed by atoms with Crippen molar-refractivity contribution in [3.05, 3.63) is 63.5 Å². The molecule has 0 bridgehead atoms. The number of hydrogen-bond donors (Lipinski definition) is 1. The van der Waals surface area contributed by atoms with Gasteiger partial charge in [-0.15, -0.1) is 0 Å². The quantitative estimate of drug-likeness (QED) is 0.568.